The first kappa shape index (κ1) is 45.5. The van der Waals surface area contributed by atoms with Gasteiger partial charge < -0.3 is 23.2 Å². The van der Waals surface area contributed by atoms with Crippen LogP contribution in [0, 0.1) is 13.8 Å². The van der Waals surface area contributed by atoms with Crippen LogP contribution in [0.3, 0.4) is 0 Å². The van der Waals surface area contributed by atoms with Gasteiger partial charge in [-0.05, 0) is 50.2 Å². The molecule has 1 N–H and O–H groups in total. The maximum atomic E-state index is 12.2. The van der Waals surface area contributed by atoms with Gasteiger partial charge in [0.15, 0.2) is 0 Å². The van der Waals surface area contributed by atoms with E-state index in [2.05, 4.69) is 195 Å². The van der Waals surface area contributed by atoms with Crippen LogP contribution in [0.1, 0.15) is 67.5 Å². The van der Waals surface area contributed by atoms with Crippen LogP contribution in [0.15, 0.2) is 140 Å². The van der Waals surface area contributed by atoms with Crippen molar-refractivity contribution in [2.75, 3.05) is 13.2 Å². The Morgan fingerprint density at radius 3 is 1.30 bits per heavy atom. The Morgan fingerprint density at radius 1 is 0.571 bits per heavy atom. The minimum Gasteiger partial charge on any atom is -0.405 e. The van der Waals surface area contributed by atoms with E-state index in [4.69, 9.17) is 18.1 Å². The Morgan fingerprint density at radius 2 is 0.946 bits per heavy atom. The van der Waals surface area contributed by atoms with Gasteiger partial charge in [-0.3, -0.25) is 0 Å². The van der Waals surface area contributed by atoms with E-state index in [0.717, 1.165) is 5.30 Å². The van der Waals surface area contributed by atoms with Crippen LogP contribution in [0.2, 0.25) is 10.1 Å². The summed E-state index contributed by atoms with van der Waals surface area (Å²) >= 11 is 0. The van der Waals surface area contributed by atoms with Crippen molar-refractivity contribution in [1.29, 1.82) is 0 Å². The van der Waals surface area contributed by atoms with Gasteiger partial charge in [-0.15, -0.1) is 0 Å². The number of aryl methyl sites for hydroxylation is 2. The molecule has 0 aliphatic carbocycles. The van der Waals surface area contributed by atoms with E-state index >= 15 is 0 Å². The van der Waals surface area contributed by atoms with Gasteiger partial charge in [0.05, 0.1) is 13.2 Å². The van der Waals surface area contributed by atoms with E-state index in [1.165, 1.54) is 31.9 Å². The highest BCUT2D eigenvalue weighted by Crippen LogP contribution is 2.40. The first-order valence-electron chi connectivity index (χ1n) is 19.1. The minimum atomic E-state index is -2.89. The van der Waals surface area contributed by atoms with Crippen molar-refractivity contribution in [3.8, 4) is 0 Å². The van der Waals surface area contributed by atoms with Crippen LogP contribution < -0.4 is 26.1 Å². The predicted molar refractivity (Wildman–Crippen MR) is 244 cm³/mol. The topological polar surface area (TPSA) is 57.2 Å². The summed E-state index contributed by atoms with van der Waals surface area (Å²) in [4.78, 5) is 0. The number of rotatable bonds is 13. The minimum absolute atomic E-state index is 0. The van der Waals surface area contributed by atoms with Crippen molar-refractivity contribution >= 4 is 51.5 Å². The lowest BCUT2D eigenvalue weighted by Crippen LogP contribution is -2.67. The molecule has 0 amide bonds. The molecule has 0 bridgehead atoms. The van der Waals surface area contributed by atoms with Crippen molar-refractivity contribution in [1.82, 2.24) is 0 Å². The van der Waals surface area contributed by atoms with E-state index < -0.39 is 41.1 Å². The molecule has 56 heavy (non-hydrogen) atoms. The number of ether oxygens (including phenoxy) is 1. The second kappa shape index (κ2) is 19.0. The first-order chi connectivity index (χ1) is 25.8. The van der Waals surface area contributed by atoms with Gasteiger partial charge >= 0.3 is 0 Å². The van der Waals surface area contributed by atoms with Gasteiger partial charge in [-0.2, -0.15) is 0 Å². The average molecular weight is 809 g/mol. The van der Waals surface area contributed by atoms with Gasteiger partial charge in [-0.1, -0.05) is 201 Å². The van der Waals surface area contributed by atoms with Gasteiger partial charge in [-0.25, -0.2) is 0 Å². The van der Waals surface area contributed by atoms with Crippen molar-refractivity contribution in [3.63, 3.8) is 0 Å². The number of benzene rings is 5. The molecule has 5 atom stereocenters. The molecule has 8 heteroatoms. The Labute approximate surface area is 341 Å². The molecule has 0 radical (unpaired) electrons. The Kier molecular flexibility index (Phi) is 15.4. The lowest BCUT2D eigenvalue weighted by molar-refractivity contribution is -0.0323. The standard InChI is InChI=1S/C46H57O5PSi2.2CH4/c1-34-29-30-42(35(2)31-34)52-51-44-41(33-49-54(46(6,7)8,38-25-17-11-18-26-38)39-27-19-12-20-28-39)50-40(43(44)47)32-48-53(45(3,4)5,36-21-13-9-14-22-36)37-23-15-10-16-24-37;;/h9-31,40-41,43-44,47,52H,32-33H2,1-8H3;2*1H4/t40-,41-,43-,44-;;/m1../s1. The van der Waals surface area contributed by atoms with Gasteiger partial charge in [0.25, 0.3) is 16.6 Å². The highest BCUT2D eigenvalue weighted by atomic mass is 31.1. The lowest BCUT2D eigenvalue weighted by Gasteiger charge is -2.44. The lowest BCUT2D eigenvalue weighted by atomic mass is 10.1. The number of aliphatic hydroxyl groups excluding tert-OH is 1. The highest BCUT2D eigenvalue weighted by molar-refractivity contribution is 7.42. The summed E-state index contributed by atoms with van der Waals surface area (Å²) in [5.41, 5.74) is 2.39. The molecule has 1 aliphatic heterocycles. The fourth-order valence-electron chi connectivity index (χ4n) is 8.23. The van der Waals surface area contributed by atoms with Crippen LogP contribution in [0.25, 0.3) is 0 Å². The molecule has 5 aromatic rings. The molecule has 1 unspecified atom stereocenters. The van der Waals surface area contributed by atoms with Gasteiger partial charge in [0.1, 0.15) is 24.4 Å². The van der Waals surface area contributed by atoms with Crippen LogP contribution in [0.4, 0.5) is 0 Å². The summed E-state index contributed by atoms with van der Waals surface area (Å²) in [6.07, 6.45) is -2.68. The molecule has 6 rings (SSSR count). The van der Waals surface area contributed by atoms with Crippen molar-refractivity contribution in [2.45, 2.75) is 105 Å². The van der Waals surface area contributed by atoms with Crippen LogP contribution in [-0.2, 0) is 18.1 Å². The summed E-state index contributed by atoms with van der Waals surface area (Å²) in [5.74, 6) is 0. The van der Waals surface area contributed by atoms with Crippen molar-refractivity contribution in [3.05, 3.63) is 151 Å². The molecule has 1 heterocycles. The maximum absolute atomic E-state index is 12.2. The smallest absolute Gasteiger partial charge is 0.261 e. The highest BCUT2D eigenvalue weighted by Gasteiger charge is 2.54. The monoisotopic (exact) mass is 808 g/mol. The quantitative estimate of drug-likeness (QED) is 0.0957. The van der Waals surface area contributed by atoms with Crippen LogP contribution >= 0.6 is 8.81 Å². The molecular formula is C48H65O5PSi2. The molecule has 1 fully saturated rings. The van der Waals surface area contributed by atoms with E-state index in [1.54, 1.807) is 0 Å². The molecule has 0 saturated carbocycles. The summed E-state index contributed by atoms with van der Waals surface area (Å²) in [7, 11) is -5.74. The van der Waals surface area contributed by atoms with E-state index in [9.17, 15) is 5.11 Å². The Bertz CT molecular complexity index is 1850. The largest absolute Gasteiger partial charge is 0.405 e. The second-order valence-electron chi connectivity index (χ2n) is 16.7. The second-order valence-corrected chi connectivity index (χ2v) is 26.2. The zero-order chi connectivity index (χ0) is 38.6. The van der Waals surface area contributed by atoms with Crippen molar-refractivity contribution in [2.24, 2.45) is 0 Å². The number of hydrogen-bond acceptors (Lipinski definition) is 5. The van der Waals surface area contributed by atoms with E-state index in [1.807, 2.05) is 0 Å². The third kappa shape index (κ3) is 9.22. The zero-order valence-corrected chi connectivity index (χ0v) is 36.1. The normalized spacial score (nSPS) is 19.1. The van der Waals surface area contributed by atoms with E-state index in [-0.39, 0.29) is 47.0 Å². The van der Waals surface area contributed by atoms with Gasteiger partial charge in [0, 0.05) is 14.1 Å². The predicted octanol–water partition coefficient (Wildman–Crippen LogP) is 8.46. The Hall–Kier alpha value is -3.24. The third-order valence-electron chi connectivity index (χ3n) is 10.9. The summed E-state index contributed by atoms with van der Waals surface area (Å²) in [6.45, 7) is 18.3. The van der Waals surface area contributed by atoms with Crippen LogP contribution in [-0.4, -0.2) is 59.4 Å². The van der Waals surface area contributed by atoms with Gasteiger partial charge in [0.2, 0.25) is 0 Å². The van der Waals surface area contributed by atoms with Crippen LogP contribution in [0.5, 0.6) is 0 Å². The number of hydrogen-bond donors (Lipinski definition) is 1. The molecule has 1 saturated heterocycles. The molecule has 5 nitrogen and oxygen atoms in total. The molecule has 0 aromatic heterocycles. The summed E-state index contributed by atoms with van der Waals surface area (Å²) in [6, 6.07) is 48.9. The molecule has 1 aliphatic rings. The molecule has 300 valence electrons. The third-order valence-corrected chi connectivity index (χ3v) is 22.1. The summed E-state index contributed by atoms with van der Waals surface area (Å²) in [5, 5.41) is 17.7. The molecule has 0 spiro atoms. The van der Waals surface area contributed by atoms with Crippen molar-refractivity contribution < 1.29 is 23.2 Å². The molecular weight excluding hydrogens is 744 g/mol. The molecule has 5 aromatic carbocycles. The SMILES string of the molecule is C.C.Cc1ccc(PO[C@H]2[C@H](O)[C@@H](CO[Si](c3ccccc3)(c3ccccc3)C(C)(C)C)O[C@@H]2CO[Si](c2ccccc2)(c2ccccc2)C(C)(C)C)c(C)c1. The maximum Gasteiger partial charge on any atom is 0.261 e. The average Bonchev–Trinajstić information content (AvgIpc) is 3.45. The van der Waals surface area contributed by atoms with E-state index in [0.29, 0.717) is 0 Å². The first-order valence-corrected chi connectivity index (χ1v) is 23.8. The fraction of sp³-hybridized carbons (Fsp3) is 0.375. The Balaban J connectivity index is 0.00000348. The number of aliphatic hydroxyl groups is 1. The fourth-order valence-corrected chi connectivity index (χ4v) is 18.3. The zero-order valence-electron chi connectivity index (χ0n) is 33.1. The summed E-state index contributed by atoms with van der Waals surface area (Å²) < 4.78 is 28.4.